The van der Waals surface area contributed by atoms with Gasteiger partial charge in [0.2, 0.25) is 0 Å². The predicted octanol–water partition coefficient (Wildman–Crippen LogP) is 3.62. The van der Waals surface area contributed by atoms with Crippen LogP contribution in [0.25, 0.3) is 0 Å². The highest BCUT2D eigenvalue weighted by atomic mass is 32.1. The third-order valence-corrected chi connectivity index (χ3v) is 8.78. The van der Waals surface area contributed by atoms with E-state index >= 15 is 0 Å². The molecule has 2 saturated carbocycles. The van der Waals surface area contributed by atoms with Gasteiger partial charge in [-0.2, -0.15) is 0 Å². The molecule has 1 N–H and O–H groups in total. The van der Waals surface area contributed by atoms with E-state index in [1.165, 1.54) is 30.0 Å². The Balaban J connectivity index is 1.15. The second-order valence-corrected chi connectivity index (χ2v) is 10.9. The number of hydrogen-bond acceptors (Lipinski definition) is 5. The molecule has 2 amide bonds. The summed E-state index contributed by atoms with van der Waals surface area (Å²) in [6.45, 7) is 4.98. The standard InChI is InChI=1S/C23H34N4O3S/c28-21(29)8-5-16-3-6-18(7-4-16)26-13-14-27(23(26)30)22-24-19-9-11-25(15-17-1-2-17)12-10-20(19)31-22/h16-18H,1-15H2,(H,28,29). The van der Waals surface area contributed by atoms with Gasteiger partial charge in [-0.05, 0) is 63.2 Å². The highest BCUT2D eigenvalue weighted by Gasteiger charge is 2.38. The summed E-state index contributed by atoms with van der Waals surface area (Å²) in [5.74, 6) is 0.723. The van der Waals surface area contributed by atoms with E-state index < -0.39 is 5.97 Å². The van der Waals surface area contributed by atoms with E-state index in [0.29, 0.717) is 12.0 Å². The molecule has 1 aromatic heterocycles. The van der Waals surface area contributed by atoms with Gasteiger partial charge in [0, 0.05) is 56.5 Å². The van der Waals surface area contributed by atoms with E-state index in [1.807, 2.05) is 4.90 Å². The van der Waals surface area contributed by atoms with Crippen molar-refractivity contribution in [2.75, 3.05) is 37.6 Å². The van der Waals surface area contributed by atoms with Crippen molar-refractivity contribution in [3.05, 3.63) is 10.6 Å². The molecule has 8 heteroatoms. The van der Waals surface area contributed by atoms with Gasteiger partial charge in [-0.25, -0.2) is 9.78 Å². The predicted molar refractivity (Wildman–Crippen MR) is 121 cm³/mol. The average Bonchev–Trinajstić information content (AvgIpc) is 3.42. The summed E-state index contributed by atoms with van der Waals surface area (Å²) < 4.78 is 0. The van der Waals surface area contributed by atoms with Crippen molar-refractivity contribution >= 4 is 28.5 Å². The van der Waals surface area contributed by atoms with Crippen LogP contribution in [0.15, 0.2) is 0 Å². The highest BCUT2D eigenvalue weighted by molar-refractivity contribution is 7.16. The summed E-state index contributed by atoms with van der Waals surface area (Å²) in [5.41, 5.74) is 1.21. The Morgan fingerprint density at radius 3 is 2.48 bits per heavy atom. The number of fused-ring (bicyclic) bond motifs is 1. The van der Waals surface area contributed by atoms with Crippen LogP contribution in [0.5, 0.6) is 0 Å². The Hall–Kier alpha value is -1.67. The van der Waals surface area contributed by atoms with E-state index in [2.05, 4.69) is 9.80 Å². The molecule has 1 aromatic rings. The molecule has 0 spiro atoms. The van der Waals surface area contributed by atoms with Crippen molar-refractivity contribution in [2.45, 2.75) is 70.3 Å². The maximum atomic E-state index is 13.2. The lowest BCUT2D eigenvalue weighted by molar-refractivity contribution is -0.137. The number of thiazole rings is 1. The number of aliphatic carboxylic acids is 1. The molecule has 1 saturated heterocycles. The van der Waals surface area contributed by atoms with Gasteiger partial charge in [0.05, 0.1) is 5.69 Å². The van der Waals surface area contributed by atoms with Crippen LogP contribution < -0.4 is 4.90 Å². The molecule has 0 aromatic carbocycles. The lowest BCUT2D eigenvalue weighted by atomic mass is 9.83. The summed E-state index contributed by atoms with van der Waals surface area (Å²) >= 11 is 1.73. The molecular formula is C23H34N4O3S. The Kier molecular flexibility index (Phi) is 6.19. The largest absolute Gasteiger partial charge is 0.481 e. The molecule has 0 unspecified atom stereocenters. The van der Waals surface area contributed by atoms with Crippen molar-refractivity contribution < 1.29 is 14.7 Å². The zero-order chi connectivity index (χ0) is 21.4. The van der Waals surface area contributed by atoms with Crippen molar-refractivity contribution in [3.8, 4) is 0 Å². The van der Waals surface area contributed by atoms with Gasteiger partial charge in [-0.3, -0.25) is 9.69 Å². The molecule has 0 radical (unpaired) electrons. The molecule has 3 fully saturated rings. The van der Waals surface area contributed by atoms with Crippen LogP contribution in [0.3, 0.4) is 0 Å². The van der Waals surface area contributed by atoms with Crippen LogP contribution in [0.1, 0.15) is 61.9 Å². The summed E-state index contributed by atoms with van der Waals surface area (Å²) in [4.78, 5) is 36.9. The fourth-order valence-electron chi connectivity index (χ4n) is 5.50. The zero-order valence-corrected chi connectivity index (χ0v) is 19.1. The quantitative estimate of drug-likeness (QED) is 0.692. The number of aromatic nitrogens is 1. The number of amides is 2. The molecule has 2 aliphatic heterocycles. The highest BCUT2D eigenvalue weighted by Crippen LogP contribution is 2.36. The average molecular weight is 447 g/mol. The first-order valence-corrected chi connectivity index (χ1v) is 12.9. The Bertz CT molecular complexity index is 790. The van der Waals surface area contributed by atoms with Gasteiger partial charge in [-0.1, -0.05) is 0 Å². The van der Waals surface area contributed by atoms with E-state index in [-0.39, 0.29) is 12.5 Å². The van der Waals surface area contributed by atoms with Gasteiger partial charge in [0.25, 0.3) is 0 Å². The van der Waals surface area contributed by atoms with Crippen LogP contribution in [-0.4, -0.2) is 70.7 Å². The van der Waals surface area contributed by atoms with Crippen molar-refractivity contribution in [1.29, 1.82) is 0 Å². The van der Waals surface area contributed by atoms with Crippen molar-refractivity contribution in [1.82, 2.24) is 14.8 Å². The Morgan fingerprint density at radius 2 is 1.74 bits per heavy atom. The van der Waals surface area contributed by atoms with Crippen LogP contribution in [0.4, 0.5) is 9.93 Å². The van der Waals surface area contributed by atoms with Crippen LogP contribution >= 0.6 is 11.3 Å². The normalized spacial score (nSPS) is 27.4. The minimum atomic E-state index is -0.704. The monoisotopic (exact) mass is 446 g/mol. The smallest absolute Gasteiger partial charge is 0.326 e. The van der Waals surface area contributed by atoms with E-state index in [4.69, 9.17) is 10.1 Å². The van der Waals surface area contributed by atoms with E-state index in [0.717, 1.165) is 82.2 Å². The van der Waals surface area contributed by atoms with Gasteiger partial charge >= 0.3 is 12.0 Å². The molecular weight excluding hydrogens is 412 g/mol. The molecule has 170 valence electrons. The fourth-order valence-corrected chi connectivity index (χ4v) is 6.62. The number of carbonyl (C=O) groups excluding carboxylic acids is 1. The van der Waals surface area contributed by atoms with Gasteiger partial charge < -0.3 is 14.9 Å². The number of carboxylic acid groups (broad SMARTS) is 1. The lowest BCUT2D eigenvalue weighted by Crippen LogP contribution is -2.41. The van der Waals surface area contributed by atoms with Crippen LogP contribution in [0, 0.1) is 11.8 Å². The first-order chi connectivity index (χ1) is 15.1. The van der Waals surface area contributed by atoms with Gasteiger partial charge in [0.15, 0.2) is 5.13 Å². The zero-order valence-electron chi connectivity index (χ0n) is 18.3. The number of carboxylic acids is 1. The maximum absolute atomic E-state index is 13.2. The summed E-state index contributed by atoms with van der Waals surface area (Å²) in [5, 5.41) is 9.79. The number of rotatable bonds is 7. The topological polar surface area (TPSA) is 77.0 Å². The van der Waals surface area contributed by atoms with Crippen molar-refractivity contribution in [3.63, 3.8) is 0 Å². The Labute approximate surface area is 188 Å². The maximum Gasteiger partial charge on any atom is 0.326 e. The van der Waals surface area contributed by atoms with Crippen molar-refractivity contribution in [2.24, 2.45) is 11.8 Å². The minimum absolute atomic E-state index is 0.119. The number of anilines is 1. The molecule has 7 nitrogen and oxygen atoms in total. The summed E-state index contributed by atoms with van der Waals surface area (Å²) in [6, 6.07) is 0.417. The van der Waals surface area contributed by atoms with Crippen LogP contribution in [0.2, 0.25) is 0 Å². The SMILES string of the molecule is O=C(O)CCC1CCC(N2CCN(c3nc4c(s3)CCN(CC3CC3)CC4)C2=O)CC1. The third kappa shape index (κ3) is 4.90. The first-order valence-electron chi connectivity index (χ1n) is 12.1. The molecule has 0 bridgehead atoms. The van der Waals surface area contributed by atoms with Crippen LogP contribution in [-0.2, 0) is 17.6 Å². The third-order valence-electron chi connectivity index (χ3n) is 7.60. The molecule has 5 rings (SSSR count). The first kappa shape index (κ1) is 21.2. The molecule has 4 aliphatic rings. The molecule has 2 aliphatic carbocycles. The second-order valence-electron chi connectivity index (χ2n) is 9.84. The molecule has 3 heterocycles. The lowest BCUT2D eigenvalue weighted by Gasteiger charge is -2.34. The number of urea groups is 1. The second kappa shape index (κ2) is 9.06. The van der Waals surface area contributed by atoms with E-state index in [1.54, 1.807) is 11.3 Å². The molecule has 0 atom stereocenters. The fraction of sp³-hybridized carbons (Fsp3) is 0.783. The summed E-state index contributed by atoms with van der Waals surface area (Å²) in [7, 11) is 0. The minimum Gasteiger partial charge on any atom is -0.481 e. The number of carbonyl (C=O) groups is 2. The summed E-state index contributed by atoms with van der Waals surface area (Å²) in [6.07, 6.45) is 9.95. The molecule has 31 heavy (non-hydrogen) atoms. The number of hydrogen-bond donors (Lipinski definition) is 1. The number of nitrogens with zero attached hydrogens (tertiary/aromatic N) is 4. The van der Waals surface area contributed by atoms with Gasteiger partial charge in [0.1, 0.15) is 0 Å². The van der Waals surface area contributed by atoms with Gasteiger partial charge in [-0.15, -0.1) is 11.3 Å². The van der Waals surface area contributed by atoms with E-state index in [9.17, 15) is 9.59 Å². The Morgan fingerprint density at radius 1 is 1.00 bits per heavy atom.